The largest absolute Gasteiger partial charge is 0.390 e. The minimum absolute atomic E-state index is 0.148. The average molecular weight is 408 g/mol. The van der Waals surface area contributed by atoms with E-state index in [-0.39, 0.29) is 12.6 Å². The van der Waals surface area contributed by atoms with Gasteiger partial charge in [0.15, 0.2) is 5.65 Å². The first-order valence-electron chi connectivity index (χ1n) is 10.4. The van der Waals surface area contributed by atoms with E-state index in [9.17, 15) is 9.90 Å². The lowest BCUT2D eigenvalue weighted by Gasteiger charge is -2.29. The molecule has 4 rings (SSSR count). The lowest BCUT2D eigenvalue weighted by atomic mass is 9.95. The smallest absolute Gasteiger partial charge is 0.250 e. The van der Waals surface area contributed by atoms with Crippen LogP contribution in [0, 0.1) is 13.8 Å². The van der Waals surface area contributed by atoms with Crippen LogP contribution in [0.3, 0.4) is 0 Å². The van der Waals surface area contributed by atoms with Crippen molar-refractivity contribution >= 4 is 17.2 Å². The Labute approximate surface area is 176 Å². The minimum Gasteiger partial charge on any atom is -0.390 e. The van der Waals surface area contributed by atoms with Gasteiger partial charge in [-0.25, -0.2) is 4.98 Å². The van der Waals surface area contributed by atoms with Gasteiger partial charge in [-0.3, -0.25) is 9.20 Å². The predicted octanol–water partition coefficient (Wildman–Crippen LogP) is 2.23. The number of carbonyl (C=O) groups is 1. The fourth-order valence-corrected chi connectivity index (χ4v) is 4.45. The molecule has 1 aliphatic heterocycles. The summed E-state index contributed by atoms with van der Waals surface area (Å²) >= 11 is 0. The molecule has 7 nitrogen and oxygen atoms in total. The van der Waals surface area contributed by atoms with Crippen LogP contribution in [0.2, 0.25) is 0 Å². The third-order valence-electron chi connectivity index (χ3n) is 6.17. The highest BCUT2D eigenvalue weighted by Gasteiger charge is 2.27. The van der Waals surface area contributed by atoms with Gasteiger partial charge in [-0.05, 0) is 48.9 Å². The van der Waals surface area contributed by atoms with Crippen molar-refractivity contribution < 1.29 is 9.90 Å². The van der Waals surface area contributed by atoms with Crippen molar-refractivity contribution in [3.63, 3.8) is 0 Å². The van der Waals surface area contributed by atoms with Crippen molar-refractivity contribution in [2.24, 2.45) is 5.73 Å². The number of benzene rings is 1. The highest BCUT2D eigenvalue weighted by molar-refractivity contribution is 5.97. The second-order valence-corrected chi connectivity index (χ2v) is 7.99. The highest BCUT2D eigenvalue weighted by Crippen LogP contribution is 2.31. The number of hydrogen-bond acceptors (Lipinski definition) is 5. The SMILES string of the molecule is CCc1cccc(C)c1CNC1CNc2c(c(C(N)=O)cn3c(CO)c(C)nc23)C1. The fourth-order valence-electron chi connectivity index (χ4n) is 4.45. The van der Waals surface area contributed by atoms with Crippen LogP contribution >= 0.6 is 0 Å². The normalized spacial score (nSPS) is 15.8. The summed E-state index contributed by atoms with van der Waals surface area (Å²) < 4.78 is 1.77. The average Bonchev–Trinajstić information content (AvgIpc) is 3.06. The van der Waals surface area contributed by atoms with E-state index in [2.05, 4.69) is 47.7 Å². The molecule has 1 aliphatic rings. The second-order valence-electron chi connectivity index (χ2n) is 7.99. The van der Waals surface area contributed by atoms with Gasteiger partial charge in [0.1, 0.15) is 0 Å². The summed E-state index contributed by atoms with van der Waals surface area (Å²) in [6.45, 7) is 7.53. The van der Waals surface area contributed by atoms with Crippen LogP contribution in [0.15, 0.2) is 24.4 Å². The Morgan fingerprint density at radius 2 is 2.20 bits per heavy atom. The van der Waals surface area contributed by atoms with Crippen molar-refractivity contribution in [2.75, 3.05) is 11.9 Å². The molecule has 7 heteroatoms. The lowest BCUT2D eigenvalue weighted by Crippen LogP contribution is -2.41. The third-order valence-corrected chi connectivity index (χ3v) is 6.17. The van der Waals surface area contributed by atoms with Crippen molar-refractivity contribution in [1.29, 1.82) is 0 Å². The van der Waals surface area contributed by atoms with Crippen molar-refractivity contribution in [3.05, 3.63) is 63.6 Å². The van der Waals surface area contributed by atoms with Crippen LogP contribution in [0.4, 0.5) is 5.69 Å². The number of nitrogens with one attached hydrogen (secondary N) is 2. The first kappa shape index (κ1) is 20.4. The molecule has 3 aromatic rings. The Hall–Kier alpha value is -2.90. The quantitative estimate of drug-likeness (QED) is 0.502. The van der Waals surface area contributed by atoms with Crippen LogP contribution < -0.4 is 16.4 Å². The van der Waals surface area contributed by atoms with Crippen molar-refractivity contribution in [2.45, 2.75) is 52.8 Å². The molecule has 30 heavy (non-hydrogen) atoms. The molecule has 0 fully saturated rings. The predicted molar refractivity (Wildman–Crippen MR) is 118 cm³/mol. The van der Waals surface area contributed by atoms with Crippen LogP contribution in [-0.2, 0) is 26.0 Å². The van der Waals surface area contributed by atoms with Crippen LogP contribution in [0.1, 0.15) is 50.9 Å². The number of rotatable bonds is 6. The first-order valence-corrected chi connectivity index (χ1v) is 10.4. The molecular weight excluding hydrogens is 378 g/mol. The summed E-state index contributed by atoms with van der Waals surface area (Å²) in [6.07, 6.45) is 3.40. The molecule has 0 radical (unpaired) electrons. The topological polar surface area (TPSA) is 105 Å². The Morgan fingerprint density at radius 3 is 2.90 bits per heavy atom. The Balaban J connectivity index is 1.65. The molecule has 1 unspecified atom stereocenters. The van der Waals surface area contributed by atoms with Gasteiger partial charge in [0, 0.05) is 25.3 Å². The molecule has 5 N–H and O–H groups in total. The van der Waals surface area contributed by atoms with Crippen molar-refractivity contribution in [1.82, 2.24) is 14.7 Å². The number of aromatic nitrogens is 2. The van der Waals surface area contributed by atoms with E-state index < -0.39 is 5.91 Å². The molecule has 0 saturated carbocycles. The number of imidazole rings is 1. The standard InChI is InChI=1S/C23H29N5O2/c1-4-15-7-5-6-13(2)18(15)10-25-16-8-17-19(22(24)30)11-28-20(12-29)14(3)27-23(28)21(17)26-9-16/h5-7,11,16,25-26,29H,4,8-10,12H2,1-3H3,(H2,24,30). The molecule has 158 valence electrons. The van der Waals surface area contributed by atoms with E-state index in [1.165, 1.54) is 16.7 Å². The number of nitrogens with two attached hydrogens (primary N) is 1. The Kier molecular flexibility index (Phi) is 5.49. The summed E-state index contributed by atoms with van der Waals surface area (Å²) in [7, 11) is 0. The number of amides is 1. The van der Waals surface area contributed by atoms with E-state index in [1.54, 1.807) is 10.6 Å². The molecule has 2 aromatic heterocycles. The van der Waals surface area contributed by atoms with E-state index in [4.69, 9.17) is 5.73 Å². The Morgan fingerprint density at radius 1 is 1.40 bits per heavy atom. The monoisotopic (exact) mass is 407 g/mol. The molecule has 0 saturated heterocycles. The number of anilines is 1. The maximum atomic E-state index is 12.2. The number of aliphatic hydroxyl groups excluding tert-OH is 1. The first-order chi connectivity index (χ1) is 14.4. The molecule has 3 heterocycles. The Bertz CT molecular complexity index is 1120. The zero-order valence-corrected chi connectivity index (χ0v) is 17.7. The molecule has 0 bridgehead atoms. The molecular formula is C23H29N5O2. The van der Waals surface area contributed by atoms with Gasteiger partial charge in [-0.15, -0.1) is 0 Å². The fraction of sp³-hybridized carbons (Fsp3) is 0.391. The van der Waals surface area contributed by atoms with E-state index >= 15 is 0 Å². The minimum atomic E-state index is -0.474. The van der Waals surface area contributed by atoms with Gasteiger partial charge in [0.25, 0.3) is 5.91 Å². The number of carbonyl (C=O) groups excluding carboxylic acids is 1. The number of fused-ring (bicyclic) bond motifs is 3. The summed E-state index contributed by atoms with van der Waals surface area (Å²) in [4.78, 5) is 16.8. The summed E-state index contributed by atoms with van der Waals surface area (Å²) in [5.74, 6) is -0.474. The molecule has 0 spiro atoms. The van der Waals surface area contributed by atoms with Gasteiger partial charge >= 0.3 is 0 Å². The number of nitrogens with zero attached hydrogens (tertiary/aromatic N) is 2. The summed E-state index contributed by atoms with van der Waals surface area (Å²) in [6, 6.07) is 6.59. The number of aliphatic hydroxyl groups is 1. The van der Waals surface area contributed by atoms with Gasteiger partial charge < -0.3 is 21.5 Å². The summed E-state index contributed by atoms with van der Waals surface area (Å²) in [5, 5.41) is 16.8. The lowest BCUT2D eigenvalue weighted by molar-refractivity contribution is 0.0998. The van der Waals surface area contributed by atoms with E-state index in [1.807, 2.05) is 6.92 Å². The van der Waals surface area contributed by atoms with Gasteiger partial charge in [0.2, 0.25) is 0 Å². The number of primary amides is 1. The van der Waals surface area contributed by atoms with Crippen molar-refractivity contribution in [3.8, 4) is 0 Å². The maximum Gasteiger partial charge on any atom is 0.250 e. The summed E-state index contributed by atoms with van der Waals surface area (Å²) in [5.41, 5.74) is 14.0. The number of hydrogen-bond donors (Lipinski definition) is 4. The maximum absolute atomic E-state index is 12.2. The molecule has 1 aromatic carbocycles. The molecule has 0 aliphatic carbocycles. The van der Waals surface area contributed by atoms with Crippen LogP contribution in [-0.4, -0.2) is 33.0 Å². The zero-order chi connectivity index (χ0) is 21.4. The van der Waals surface area contributed by atoms with E-state index in [0.29, 0.717) is 17.7 Å². The van der Waals surface area contributed by atoms with Crippen LogP contribution in [0.25, 0.3) is 5.65 Å². The highest BCUT2D eigenvalue weighted by atomic mass is 16.3. The zero-order valence-electron chi connectivity index (χ0n) is 17.7. The van der Waals surface area contributed by atoms with Crippen LogP contribution in [0.5, 0.6) is 0 Å². The number of pyridine rings is 1. The molecule has 1 atom stereocenters. The van der Waals surface area contributed by atoms with Gasteiger partial charge in [-0.2, -0.15) is 0 Å². The molecule has 1 amide bonds. The van der Waals surface area contributed by atoms with Gasteiger partial charge in [0.05, 0.1) is 29.2 Å². The second kappa shape index (κ2) is 8.08. The number of aryl methyl sites for hydroxylation is 3. The van der Waals surface area contributed by atoms with E-state index in [0.717, 1.165) is 42.1 Å². The van der Waals surface area contributed by atoms with Gasteiger partial charge in [-0.1, -0.05) is 25.1 Å². The third kappa shape index (κ3) is 3.44.